The molecule has 0 radical (unpaired) electrons. The second-order valence-corrected chi connectivity index (χ2v) is 19.8. The van der Waals surface area contributed by atoms with Crippen molar-refractivity contribution in [2.45, 2.75) is 10.8 Å². The lowest BCUT2D eigenvalue weighted by molar-refractivity contribution is 0.768. The van der Waals surface area contributed by atoms with Gasteiger partial charge in [-0.2, -0.15) is 0 Å². The minimum Gasteiger partial charge on any atom is -0.310 e. The van der Waals surface area contributed by atoms with Crippen molar-refractivity contribution in [3.05, 3.63) is 336 Å². The van der Waals surface area contributed by atoms with Gasteiger partial charge >= 0.3 is 0 Å². The Hall–Kier alpha value is -9.50. The number of nitrogens with zero attached hydrogens (tertiary/aromatic N) is 2. The zero-order valence-corrected chi connectivity index (χ0v) is 40.6. The molecule has 74 heavy (non-hydrogen) atoms. The Labute approximate surface area is 432 Å². The quantitative estimate of drug-likeness (QED) is 0.150. The lowest BCUT2D eigenvalue weighted by Crippen LogP contribution is -2.28. The molecular formula is C72H48N2. The lowest BCUT2D eigenvalue weighted by Gasteiger charge is -2.35. The van der Waals surface area contributed by atoms with Gasteiger partial charge in [0, 0.05) is 33.9 Å². The van der Waals surface area contributed by atoms with Crippen LogP contribution in [0.2, 0.25) is 0 Å². The maximum atomic E-state index is 2.55. The lowest BCUT2D eigenvalue weighted by atomic mass is 9.68. The standard InChI is InChI=1S/C72H48N2/c1-6-26-50(27-7-1)71(51-28-8-2-9-29-51)62-41-22-19-38-59(62)68-64(71)43-24-44-66(68)74(54-34-14-5-15-35-54)55-45-46-58-57-37-18-21-40-61(57)72(65(58)48-55)63-42-23-20-39-60(63)69-67(47-49-25-16-17-36-56(49)70(69)72)73(52-30-10-3-11-31-52)53-32-12-4-13-33-53/h1-48H. The highest BCUT2D eigenvalue weighted by molar-refractivity contribution is 6.10. The Morgan fingerprint density at radius 1 is 0.243 bits per heavy atom. The van der Waals surface area contributed by atoms with E-state index in [1.54, 1.807) is 0 Å². The van der Waals surface area contributed by atoms with Crippen molar-refractivity contribution in [3.8, 4) is 33.4 Å². The number of rotatable bonds is 8. The molecule has 1 unspecified atom stereocenters. The molecule has 0 amide bonds. The number of para-hydroxylation sites is 3. The third kappa shape index (κ3) is 5.82. The van der Waals surface area contributed by atoms with Crippen molar-refractivity contribution in [1.82, 2.24) is 0 Å². The van der Waals surface area contributed by atoms with Crippen molar-refractivity contribution < 1.29 is 0 Å². The van der Waals surface area contributed by atoms with Gasteiger partial charge in [0.2, 0.25) is 0 Å². The van der Waals surface area contributed by atoms with Crippen molar-refractivity contribution >= 4 is 44.9 Å². The third-order valence-corrected chi connectivity index (χ3v) is 16.3. The summed E-state index contributed by atoms with van der Waals surface area (Å²) in [5.74, 6) is 0. The minimum absolute atomic E-state index is 0.542. The van der Waals surface area contributed by atoms with Crippen molar-refractivity contribution in [2.75, 3.05) is 9.80 Å². The summed E-state index contributed by atoms with van der Waals surface area (Å²) in [7, 11) is 0. The topological polar surface area (TPSA) is 6.48 Å². The first-order valence-electron chi connectivity index (χ1n) is 25.8. The molecular weight excluding hydrogens is 893 g/mol. The molecule has 1 atom stereocenters. The summed E-state index contributed by atoms with van der Waals surface area (Å²) >= 11 is 0. The summed E-state index contributed by atoms with van der Waals surface area (Å²) in [5.41, 5.74) is 23.3. The van der Waals surface area contributed by atoms with Gasteiger partial charge < -0.3 is 9.80 Å². The molecule has 346 valence electrons. The Balaban J connectivity index is 1.03. The Morgan fingerprint density at radius 3 is 1.27 bits per heavy atom. The highest BCUT2D eigenvalue weighted by Crippen LogP contribution is 2.67. The Morgan fingerprint density at radius 2 is 0.676 bits per heavy atom. The van der Waals surface area contributed by atoms with Crippen molar-refractivity contribution in [2.24, 2.45) is 0 Å². The van der Waals surface area contributed by atoms with Gasteiger partial charge in [0.1, 0.15) is 0 Å². The van der Waals surface area contributed by atoms with E-state index in [0.29, 0.717) is 0 Å². The molecule has 3 aliphatic rings. The van der Waals surface area contributed by atoms with E-state index >= 15 is 0 Å². The van der Waals surface area contributed by atoms with Gasteiger partial charge in [-0.3, -0.25) is 0 Å². The normalized spacial score (nSPS) is 14.9. The van der Waals surface area contributed by atoms with Crippen LogP contribution in [0.3, 0.4) is 0 Å². The third-order valence-electron chi connectivity index (χ3n) is 16.3. The van der Waals surface area contributed by atoms with Gasteiger partial charge in [-0.15, -0.1) is 0 Å². The largest absolute Gasteiger partial charge is 0.310 e. The van der Waals surface area contributed by atoms with E-state index in [1.165, 1.54) is 88.7 Å². The van der Waals surface area contributed by atoms with Gasteiger partial charge in [0.25, 0.3) is 0 Å². The molecule has 12 aromatic carbocycles. The van der Waals surface area contributed by atoms with Crippen LogP contribution in [0.1, 0.15) is 44.5 Å². The van der Waals surface area contributed by atoms with Crippen LogP contribution in [-0.2, 0) is 10.8 Å². The average Bonchev–Trinajstić information content (AvgIpc) is 4.09. The smallest absolute Gasteiger partial charge is 0.0733 e. The molecule has 0 heterocycles. The summed E-state index contributed by atoms with van der Waals surface area (Å²) in [6.07, 6.45) is 0. The SMILES string of the molecule is c1ccc(N(c2ccc3c(c2)C2(c4ccccc4-3)c3ccccc3-c3c(N(c4ccccc4)c4ccccc4)cc4ccccc4c32)c2cccc3c2-c2ccccc2C3(c2ccccc2)c2ccccc2)cc1. The molecule has 0 aromatic heterocycles. The van der Waals surface area contributed by atoms with Crippen molar-refractivity contribution in [1.29, 1.82) is 0 Å². The van der Waals surface area contributed by atoms with E-state index in [1.807, 2.05) is 0 Å². The second-order valence-electron chi connectivity index (χ2n) is 19.8. The molecule has 0 saturated heterocycles. The molecule has 0 N–H and O–H groups in total. The molecule has 15 rings (SSSR count). The summed E-state index contributed by atoms with van der Waals surface area (Å²) in [4.78, 5) is 5.00. The van der Waals surface area contributed by atoms with E-state index in [4.69, 9.17) is 0 Å². The molecule has 1 spiro atoms. The number of hydrogen-bond donors (Lipinski definition) is 0. The molecule has 3 aliphatic carbocycles. The number of hydrogen-bond acceptors (Lipinski definition) is 2. The monoisotopic (exact) mass is 940 g/mol. The zero-order valence-electron chi connectivity index (χ0n) is 40.6. The van der Waals surface area contributed by atoms with Gasteiger partial charge in [0.05, 0.1) is 22.2 Å². The molecule has 2 nitrogen and oxygen atoms in total. The van der Waals surface area contributed by atoms with Crippen LogP contribution in [0.4, 0.5) is 34.1 Å². The summed E-state index contributed by atoms with van der Waals surface area (Å²) in [5, 5.41) is 2.46. The van der Waals surface area contributed by atoms with E-state index in [0.717, 1.165) is 34.1 Å². The Kier molecular flexibility index (Phi) is 9.43. The van der Waals surface area contributed by atoms with Gasteiger partial charge in [-0.05, 0) is 138 Å². The van der Waals surface area contributed by atoms with E-state index in [2.05, 4.69) is 301 Å². The number of fused-ring (bicyclic) bond motifs is 15. The van der Waals surface area contributed by atoms with Crippen LogP contribution in [0.5, 0.6) is 0 Å². The van der Waals surface area contributed by atoms with Crippen LogP contribution < -0.4 is 9.80 Å². The second kappa shape index (κ2) is 16.5. The first-order chi connectivity index (χ1) is 36.8. The van der Waals surface area contributed by atoms with Gasteiger partial charge in [-0.25, -0.2) is 0 Å². The zero-order chi connectivity index (χ0) is 48.8. The van der Waals surface area contributed by atoms with Crippen molar-refractivity contribution in [3.63, 3.8) is 0 Å². The van der Waals surface area contributed by atoms with Crippen LogP contribution in [-0.4, -0.2) is 0 Å². The van der Waals surface area contributed by atoms with Crippen LogP contribution in [0.15, 0.2) is 291 Å². The average molecular weight is 941 g/mol. The van der Waals surface area contributed by atoms with E-state index in [-0.39, 0.29) is 0 Å². The summed E-state index contributed by atoms with van der Waals surface area (Å²) in [6.45, 7) is 0. The molecule has 0 saturated carbocycles. The van der Waals surface area contributed by atoms with Gasteiger partial charge in [0.15, 0.2) is 0 Å². The van der Waals surface area contributed by atoms with Crippen LogP contribution in [0.25, 0.3) is 44.2 Å². The maximum absolute atomic E-state index is 2.55. The van der Waals surface area contributed by atoms with E-state index < -0.39 is 10.8 Å². The van der Waals surface area contributed by atoms with Gasteiger partial charge in [-0.1, -0.05) is 231 Å². The molecule has 0 bridgehead atoms. The molecule has 12 aromatic rings. The fourth-order valence-corrected chi connectivity index (χ4v) is 13.5. The summed E-state index contributed by atoms with van der Waals surface area (Å²) in [6, 6.07) is 108. The highest BCUT2D eigenvalue weighted by atomic mass is 15.2. The maximum Gasteiger partial charge on any atom is 0.0733 e. The minimum atomic E-state index is -0.661. The first-order valence-corrected chi connectivity index (χ1v) is 25.8. The summed E-state index contributed by atoms with van der Waals surface area (Å²) < 4.78 is 0. The van der Waals surface area contributed by atoms with Crippen LogP contribution in [0, 0.1) is 0 Å². The molecule has 2 heteroatoms. The molecule has 0 aliphatic heterocycles. The number of benzene rings is 12. The fraction of sp³-hybridized carbons (Fsp3) is 0.0278. The molecule has 0 fully saturated rings. The predicted octanol–water partition coefficient (Wildman–Crippen LogP) is 18.5. The predicted molar refractivity (Wildman–Crippen MR) is 307 cm³/mol. The fourth-order valence-electron chi connectivity index (χ4n) is 13.5. The van der Waals surface area contributed by atoms with E-state index in [9.17, 15) is 0 Å². The highest BCUT2D eigenvalue weighted by Gasteiger charge is 2.54. The number of anilines is 6. The van der Waals surface area contributed by atoms with Crippen LogP contribution >= 0.6 is 0 Å². The first kappa shape index (κ1) is 42.2. The Bertz CT molecular complexity index is 4050.